The fraction of sp³-hybridized carbons (Fsp3) is 0.548. The molecule has 2 aliphatic carbocycles. The lowest BCUT2D eigenvalue weighted by Crippen LogP contribution is -2.81. The second-order valence-electron chi connectivity index (χ2n) is 12.6. The van der Waals surface area contributed by atoms with Gasteiger partial charge in [-0.3, -0.25) is 4.79 Å². The summed E-state index contributed by atoms with van der Waals surface area (Å²) in [4.78, 5) is 51.5. The molecule has 5 rings (SSSR count). The van der Waals surface area contributed by atoms with Gasteiger partial charge in [0.05, 0.1) is 28.4 Å². The van der Waals surface area contributed by atoms with Crippen LogP contribution >= 0.6 is 0 Å². The number of hydrogen-bond donors (Lipinski definition) is 1. The van der Waals surface area contributed by atoms with Crippen LogP contribution in [0.3, 0.4) is 0 Å². The van der Waals surface area contributed by atoms with E-state index in [-0.39, 0.29) is 17.7 Å². The molecule has 14 heteroatoms. The van der Waals surface area contributed by atoms with Crippen molar-refractivity contribution in [2.45, 2.75) is 94.9 Å². The number of halogens is 3. The predicted octanol–water partition coefficient (Wildman–Crippen LogP) is 4.16. The molecule has 1 N–H and O–H groups in total. The van der Waals surface area contributed by atoms with E-state index in [0.717, 1.165) is 6.92 Å². The zero-order chi connectivity index (χ0) is 33.2. The van der Waals surface area contributed by atoms with Crippen molar-refractivity contribution in [3.63, 3.8) is 0 Å². The first-order valence-electron chi connectivity index (χ1n) is 14.2. The van der Waals surface area contributed by atoms with Gasteiger partial charge in [-0.15, -0.1) is 0 Å². The van der Waals surface area contributed by atoms with E-state index in [2.05, 4.69) is 0 Å². The van der Waals surface area contributed by atoms with Crippen LogP contribution in [-0.4, -0.2) is 76.4 Å². The average Bonchev–Trinajstić information content (AvgIpc) is 3.54. The van der Waals surface area contributed by atoms with Crippen LogP contribution < -0.4 is 0 Å². The molecule has 1 aliphatic heterocycles. The van der Waals surface area contributed by atoms with Crippen molar-refractivity contribution in [3.05, 3.63) is 60.1 Å². The average molecular weight is 639 g/mol. The maximum absolute atomic E-state index is 13.6. The van der Waals surface area contributed by atoms with Crippen molar-refractivity contribution in [2.24, 2.45) is 11.3 Å². The van der Waals surface area contributed by atoms with Gasteiger partial charge in [-0.2, -0.15) is 13.2 Å². The summed E-state index contributed by atoms with van der Waals surface area (Å²) in [5, 5.41) is 12.3. The van der Waals surface area contributed by atoms with Crippen molar-refractivity contribution in [2.75, 3.05) is 0 Å². The van der Waals surface area contributed by atoms with Crippen LogP contribution in [0.4, 0.5) is 13.2 Å². The van der Waals surface area contributed by atoms with Crippen molar-refractivity contribution >= 4 is 23.9 Å². The predicted molar refractivity (Wildman–Crippen MR) is 144 cm³/mol. The maximum Gasteiger partial charge on any atom is 0.490 e. The highest BCUT2D eigenvalue weighted by Gasteiger charge is 2.84. The third kappa shape index (κ3) is 5.17. The normalized spacial score (nSPS) is 35.1. The van der Waals surface area contributed by atoms with Gasteiger partial charge in [-0.25, -0.2) is 14.4 Å². The molecule has 1 saturated heterocycles. The summed E-state index contributed by atoms with van der Waals surface area (Å²) >= 11 is 0. The van der Waals surface area contributed by atoms with Crippen molar-refractivity contribution in [1.29, 1.82) is 0 Å². The molecule has 3 fully saturated rings. The van der Waals surface area contributed by atoms with Crippen LogP contribution in [0, 0.1) is 11.3 Å². The van der Waals surface area contributed by atoms with Gasteiger partial charge in [-0.05, 0) is 58.4 Å². The topological polar surface area (TPSA) is 148 Å². The number of fused-ring (bicyclic) bond motifs is 1. The quantitative estimate of drug-likeness (QED) is 0.359. The summed E-state index contributed by atoms with van der Waals surface area (Å²) in [5.41, 5.74) is -7.77. The van der Waals surface area contributed by atoms with Crippen LogP contribution in [-0.2, 0) is 33.3 Å². The number of rotatable bonds is 6. The van der Waals surface area contributed by atoms with Crippen molar-refractivity contribution in [1.82, 2.24) is 0 Å². The molecule has 1 aromatic carbocycles. The zero-order valence-electron chi connectivity index (χ0n) is 25.1. The lowest BCUT2D eigenvalue weighted by Gasteiger charge is -2.65. The van der Waals surface area contributed by atoms with Gasteiger partial charge in [0, 0.05) is 19.3 Å². The largest absolute Gasteiger partial charge is 0.490 e. The van der Waals surface area contributed by atoms with E-state index in [1.807, 2.05) is 0 Å². The molecule has 244 valence electrons. The van der Waals surface area contributed by atoms with E-state index in [1.165, 1.54) is 58.2 Å². The van der Waals surface area contributed by atoms with Gasteiger partial charge in [0.1, 0.15) is 23.9 Å². The Labute approximate surface area is 255 Å². The first-order chi connectivity index (χ1) is 20.8. The molecule has 1 aromatic heterocycles. The number of ether oxygens (including phenoxy) is 5. The number of furan rings is 1. The number of benzene rings is 1. The molecular formula is C31H33F3O11. The number of esters is 4. The molecule has 1 spiro atoms. The third-order valence-corrected chi connectivity index (χ3v) is 9.35. The Hall–Kier alpha value is -3.91. The van der Waals surface area contributed by atoms with Gasteiger partial charge < -0.3 is 33.2 Å². The van der Waals surface area contributed by atoms with E-state index >= 15 is 0 Å². The Balaban J connectivity index is 1.70. The Morgan fingerprint density at radius 2 is 1.56 bits per heavy atom. The van der Waals surface area contributed by atoms with Crippen LogP contribution in [0.25, 0.3) is 0 Å². The fourth-order valence-corrected chi connectivity index (χ4v) is 7.52. The lowest BCUT2D eigenvalue weighted by molar-refractivity contribution is -0.345. The second-order valence-corrected chi connectivity index (χ2v) is 12.6. The minimum absolute atomic E-state index is 0.129. The van der Waals surface area contributed by atoms with E-state index in [0.29, 0.717) is 0 Å². The van der Waals surface area contributed by atoms with Crippen molar-refractivity contribution in [3.8, 4) is 0 Å². The second kappa shape index (κ2) is 10.9. The molecule has 11 nitrogen and oxygen atoms in total. The highest BCUT2D eigenvalue weighted by atomic mass is 19.4. The number of carbonyl (C=O) groups excluding carboxylic acids is 4. The Morgan fingerprint density at radius 3 is 2.13 bits per heavy atom. The highest BCUT2D eigenvalue weighted by Crippen LogP contribution is 2.69. The molecule has 0 amide bonds. The molecule has 0 radical (unpaired) electrons. The highest BCUT2D eigenvalue weighted by molar-refractivity contribution is 5.89. The van der Waals surface area contributed by atoms with Crippen LogP contribution in [0.15, 0.2) is 53.1 Å². The van der Waals surface area contributed by atoms with Gasteiger partial charge in [0.25, 0.3) is 0 Å². The van der Waals surface area contributed by atoms with Crippen LogP contribution in [0.2, 0.25) is 0 Å². The molecular weight excluding hydrogens is 605 g/mol. The van der Waals surface area contributed by atoms with E-state index in [4.69, 9.17) is 28.1 Å². The van der Waals surface area contributed by atoms with Gasteiger partial charge in [0.2, 0.25) is 5.76 Å². The smallest absolute Gasteiger partial charge is 0.458 e. The standard InChI is InChI=1S/C31H33F3O11/c1-16(35)41-23-20(42-24(36)17-10-7-6-8-11-17)15-28(4,39)30-22(44-26(38)31(32,33)34)18(27(2,3)45-30)14-21(29(23,30)5)43-25(37)19-12-9-13-40-19/h6-13,18,20-23,39H,14-15H2,1-5H3/t18-,20+,21+,22-,23+,28+,29-,30+/m1/s1. The first kappa shape index (κ1) is 32.5. The molecule has 0 unspecified atom stereocenters. The molecule has 3 aliphatic rings. The Morgan fingerprint density at radius 1 is 0.889 bits per heavy atom. The monoisotopic (exact) mass is 638 g/mol. The fourth-order valence-electron chi connectivity index (χ4n) is 7.52. The first-order valence-corrected chi connectivity index (χ1v) is 14.2. The van der Waals surface area contributed by atoms with Crippen molar-refractivity contribution < 1.29 is 65.6 Å². The van der Waals surface area contributed by atoms with E-state index < -0.39 is 89.0 Å². The van der Waals surface area contributed by atoms with Gasteiger partial charge in [0.15, 0.2) is 6.10 Å². The van der Waals surface area contributed by atoms with Gasteiger partial charge >= 0.3 is 30.1 Å². The molecule has 2 aromatic rings. The number of hydrogen-bond acceptors (Lipinski definition) is 11. The summed E-state index contributed by atoms with van der Waals surface area (Å²) in [7, 11) is 0. The molecule has 2 heterocycles. The SMILES string of the molecule is CC(=O)O[C@H]1[C@@H](OC(=O)c2ccccc2)C[C@](C)(O)[C@]23OC(C)(C)[C@H](C[C@H](OC(=O)c4ccco4)[C@]12C)[C@H]3OC(=O)C(F)(F)F. The summed E-state index contributed by atoms with van der Waals surface area (Å²) in [6, 6.07) is 10.6. The van der Waals surface area contributed by atoms with Crippen LogP contribution in [0.1, 0.15) is 68.4 Å². The van der Waals surface area contributed by atoms with Gasteiger partial charge in [-0.1, -0.05) is 18.2 Å². The maximum atomic E-state index is 13.6. The number of alkyl halides is 3. The zero-order valence-corrected chi connectivity index (χ0v) is 25.1. The minimum atomic E-state index is -5.40. The molecule has 45 heavy (non-hydrogen) atoms. The molecule has 2 bridgehead atoms. The minimum Gasteiger partial charge on any atom is -0.458 e. The Bertz CT molecular complexity index is 1470. The van der Waals surface area contributed by atoms with Crippen LogP contribution in [0.5, 0.6) is 0 Å². The number of carbonyl (C=O) groups is 4. The lowest BCUT2D eigenvalue weighted by atomic mass is 9.47. The molecule has 8 atom stereocenters. The summed E-state index contributed by atoms with van der Waals surface area (Å²) in [6.07, 6.45) is -11.1. The third-order valence-electron chi connectivity index (χ3n) is 9.35. The van der Waals surface area contributed by atoms with E-state index in [9.17, 15) is 37.5 Å². The summed E-state index contributed by atoms with van der Waals surface area (Å²) < 4.78 is 75.2. The van der Waals surface area contributed by atoms with E-state index in [1.54, 1.807) is 18.2 Å². The Kier molecular flexibility index (Phi) is 7.84. The summed E-state index contributed by atoms with van der Waals surface area (Å²) in [5.74, 6) is -6.47. The molecule has 2 saturated carbocycles. The summed E-state index contributed by atoms with van der Waals surface area (Å²) in [6.45, 7) is 6.76. The number of aliphatic hydroxyl groups is 1.